The molecule has 2 saturated heterocycles. The van der Waals surface area contributed by atoms with Gasteiger partial charge < -0.3 is 19.1 Å². The zero-order valence-electron chi connectivity index (χ0n) is 21.9. The van der Waals surface area contributed by atoms with E-state index in [1.807, 2.05) is 49.3 Å². The first-order valence-electron chi connectivity index (χ1n) is 12.8. The van der Waals surface area contributed by atoms with Crippen molar-refractivity contribution in [1.29, 1.82) is 0 Å². The van der Waals surface area contributed by atoms with Gasteiger partial charge in [-0.25, -0.2) is 9.69 Å². The summed E-state index contributed by atoms with van der Waals surface area (Å²) in [4.78, 5) is 45.3. The number of nitrogens with one attached hydrogen (secondary N) is 1. The summed E-state index contributed by atoms with van der Waals surface area (Å²) >= 11 is 0. The van der Waals surface area contributed by atoms with Crippen LogP contribution in [-0.2, 0) is 24.7 Å². The highest BCUT2D eigenvalue weighted by Gasteiger charge is 2.69. The number of nitrogens with zero attached hydrogens (tertiary/aromatic N) is 2. The molecular weight excluding hydrogens is 498 g/mol. The first-order valence-corrected chi connectivity index (χ1v) is 12.8. The molecule has 2 fully saturated rings. The number of rotatable bonds is 5. The maximum Gasteiger partial charge on any atom is 0.331 e. The van der Waals surface area contributed by atoms with Crippen molar-refractivity contribution in [3.05, 3.63) is 83.9 Å². The van der Waals surface area contributed by atoms with Gasteiger partial charge in [-0.15, -0.1) is 0 Å². The summed E-state index contributed by atoms with van der Waals surface area (Å²) in [6.45, 7) is 0.800. The summed E-state index contributed by atoms with van der Waals surface area (Å²) in [6, 6.07) is 21.1. The number of fused-ring (bicyclic) bond motifs is 2. The molecule has 3 aliphatic heterocycles. The van der Waals surface area contributed by atoms with Crippen molar-refractivity contribution >= 4 is 29.2 Å². The molecule has 0 bridgehead atoms. The lowest BCUT2D eigenvalue weighted by atomic mass is 9.75. The summed E-state index contributed by atoms with van der Waals surface area (Å²) in [6.07, 6.45) is 0. The molecule has 6 rings (SSSR count). The van der Waals surface area contributed by atoms with E-state index in [4.69, 9.17) is 14.2 Å². The second-order valence-electron chi connectivity index (χ2n) is 10.1. The minimum Gasteiger partial charge on any atom is -0.486 e. The van der Waals surface area contributed by atoms with Crippen LogP contribution in [0.2, 0.25) is 0 Å². The molecule has 3 aromatic carbocycles. The monoisotopic (exact) mass is 527 g/mol. The van der Waals surface area contributed by atoms with E-state index in [9.17, 15) is 14.4 Å². The van der Waals surface area contributed by atoms with Gasteiger partial charge in [0.25, 0.3) is 0 Å². The lowest BCUT2D eigenvalue weighted by Crippen LogP contribution is -2.53. The quantitative estimate of drug-likeness (QED) is 0.400. The van der Waals surface area contributed by atoms with E-state index in [2.05, 4.69) is 5.32 Å². The SMILES string of the molecule is COC(=O)[C@@]1(c2ccccc2)N[C@@H](c2ccc(N(C)C)cc2)[C@H]2C(=O)N(c3ccc4c(c3)OCCO4)C(=O)[C@H]21. The van der Waals surface area contributed by atoms with Gasteiger partial charge in [0.15, 0.2) is 17.0 Å². The normalized spacial score (nSPS) is 25.4. The number of hydrogen-bond acceptors (Lipinski definition) is 8. The fourth-order valence-electron chi connectivity index (χ4n) is 6.03. The van der Waals surface area contributed by atoms with E-state index in [1.54, 1.807) is 42.5 Å². The third-order valence-corrected chi connectivity index (χ3v) is 7.85. The Morgan fingerprint density at radius 1 is 0.949 bits per heavy atom. The standard InChI is InChI=1S/C30H29N3O6/c1-32(2)20-11-9-18(10-12-20)26-24-25(30(31-26,29(36)37-3)19-7-5-4-6-8-19)28(35)33(27(24)34)21-13-14-22-23(17-21)39-16-15-38-22/h4-14,17,24-26,31H,15-16H2,1-3H3/t24-,25-,26-,30-/m0/s1. The van der Waals surface area contributed by atoms with Crippen molar-refractivity contribution in [1.82, 2.24) is 5.32 Å². The predicted molar refractivity (Wildman–Crippen MR) is 144 cm³/mol. The number of carbonyl (C=O) groups excluding carboxylic acids is 3. The van der Waals surface area contributed by atoms with Gasteiger partial charge in [-0.3, -0.25) is 14.9 Å². The van der Waals surface area contributed by atoms with Gasteiger partial charge in [0.1, 0.15) is 13.2 Å². The minimum absolute atomic E-state index is 0.372. The third kappa shape index (κ3) is 3.76. The number of esters is 1. The van der Waals surface area contributed by atoms with Crippen LogP contribution < -0.4 is 24.6 Å². The van der Waals surface area contributed by atoms with Gasteiger partial charge >= 0.3 is 5.97 Å². The Balaban J connectivity index is 1.51. The molecule has 9 heteroatoms. The van der Waals surface area contributed by atoms with Crippen LogP contribution in [-0.4, -0.2) is 52.2 Å². The topological polar surface area (TPSA) is 97.4 Å². The molecule has 2 amide bonds. The molecule has 4 atom stereocenters. The molecular formula is C30H29N3O6. The van der Waals surface area contributed by atoms with E-state index in [-0.39, 0.29) is 0 Å². The molecule has 3 aromatic rings. The van der Waals surface area contributed by atoms with Crippen molar-refractivity contribution in [3.8, 4) is 11.5 Å². The van der Waals surface area contributed by atoms with Gasteiger partial charge in [0.05, 0.1) is 24.6 Å². The van der Waals surface area contributed by atoms with Crippen LogP contribution in [0.5, 0.6) is 11.5 Å². The Hall–Kier alpha value is -4.37. The molecule has 0 saturated carbocycles. The zero-order valence-corrected chi connectivity index (χ0v) is 21.9. The van der Waals surface area contributed by atoms with Crippen LogP contribution in [0, 0.1) is 11.8 Å². The van der Waals surface area contributed by atoms with E-state index in [0.29, 0.717) is 36.0 Å². The zero-order chi connectivity index (χ0) is 27.3. The lowest BCUT2D eigenvalue weighted by Gasteiger charge is -2.33. The Morgan fingerprint density at radius 2 is 1.64 bits per heavy atom. The predicted octanol–water partition coefficient (Wildman–Crippen LogP) is 3.04. The molecule has 1 N–H and O–H groups in total. The summed E-state index contributed by atoms with van der Waals surface area (Å²) in [5, 5.41) is 3.42. The third-order valence-electron chi connectivity index (χ3n) is 7.85. The highest BCUT2D eigenvalue weighted by Crippen LogP contribution is 2.54. The van der Waals surface area contributed by atoms with Crippen molar-refractivity contribution in [2.45, 2.75) is 11.6 Å². The Kier molecular flexibility index (Phi) is 6.03. The number of anilines is 2. The fraction of sp³-hybridized carbons (Fsp3) is 0.300. The van der Waals surface area contributed by atoms with E-state index in [1.165, 1.54) is 12.0 Å². The summed E-state index contributed by atoms with van der Waals surface area (Å²) in [5.41, 5.74) is 1.15. The van der Waals surface area contributed by atoms with Crippen LogP contribution in [0.4, 0.5) is 11.4 Å². The minimum atomic E-state index is -1.57. The summed E-state index contributed by atoms with van der Waals surface area (Å²) in [5.74, 6) is -2.36. The average molecular weight is 528 g/mol. The van der Waals surface area contributed by atoms with Crippen LogP contribution in [0.3, 0.4) is 0 Å². The van der Waals surface area contributed by atoms with Crippen LogP contribution in [0.15, 0.2) is 72.8 Å². The molecule has 200 valence electrons. The number of carbonyl (C=O) groups is 3. The number of benzene rings is 3. The van der Waals surface area contributed by atoms with E-state index < -0.39 is 41.2 Å². The van der Waals surface area contributed by atoms with Crippen molar-refractivity contribution < 1.29 is 28.6 Å². The Morgan fingerprint density at radius 3 is 2.31 bits per heavy atom. The maximum absolute atomic E-state index is 14.3. The van der Waals surface area contributed by atoms with E-state index >= 15 is 0 Å². The van der Waals surface area contributed by atoms with Crippen LogP contribution in [0.25, 0.3) is 0 Å². The van der Waals surface area contributed by atoms with Crippen molar-refractivity contribution in [2.24, 2.45) is 11.8 Å². The van der Waals surface area contributed by atoms with E-state index in [0.717, 1.165) is 11.3 Å². The van der Waals surface area contributed by atoms with Gasteiger partial charge in [0, 0.05) is 31.9 Å². The smallest absolute Gasteiger partial charge is 0.331 e. The average Bonchev–Trinajstić information content (AvgIpc) is 3.46. The molecule has 39 heavy (non-hydrogen) atoms. The summed E-state index contributed by atoms with van der Waals surface area (Å²) < 4.78 is 16.6. The first kappa shape index (κ1) is 24.9. The molecule has 3 heterocycles. The number of imide groups is 1. The van der Waals surface area contributed by atoms with Crippen molar-refractivity contribution in [3.63, 3.8) is 0 Å². The molecule has 0 aromatic heterocycles. The number of amides is 2. The van der Waals surface area contributed by atoms with Gasteiger partial charge in [0.2, 0.25) is 11.8 Å². The van der Waals surface area contributed by atoms with Crippen molar-refractivity contribution in [2.75, 3.05) is 44.2 Å². The number of methoxy groups -OCH3 is 1. The fourth-order valence-corrected chi connectivity index (χ4v) is 6.03. The van der Waals surface area contributed by atoms with Crippen LogP contribution >= 0.6 is 0 Å². The highest BCUT2D eigenvalue weighted by molar-refractivity contribution is 6.24. The second-order valence-corrected chi connectivity index (χ2v) is 10.1. The lowest BCUT2D eigenvalue weighted by molar-refractivity contribution is -0.152. The number of hydrogen-bond donors (Lipinski definition) is 1. The second kappa shape index (κ2) is 9.43. The van der Waals surface area contributed by atoms with Gasteiger partial charge in [-0.1, -0.05) is 42.5 Å². The Labute approximate surface area is 226 Å². The maximum atomic E-state index is 14.3. The van der Waals surface area contributed by atoms with Crippen LogP contribution in [0.1, 0.15) is 17.2 Å². The molecule has 0 radical (unpaired) electrons. The van der Waals surface area contributed by atoms with Gasteiger partial charge in [-0.2, -0.15) is 0 Å². The molecule has 9 nitrogen and oxygen atoms in total. The Bertz CT molecular complexity index is 1440. The summed E-state index contributed by atoms with van der Waals surface area (Å²) in [7, 11) is 5.19. The molecule has 3 aliphatic rings. The molecule has 0 unspecified atom stereocenters. The molecule has 0 aliphatic carbocycles. The first-order chi connectivity index (χ1) is 18.9. The largest absolute Gasteiger partial charge is 0.486 e. The highest BCUT2D eigenvalue weighted by atomic mass is 16.6. The molecule has 0 spiro atoms. The number of ether oxygens (including phenoxy) is 3. The van der Waals surface area contributed by atoms with Gasteiger partial charge in [-0.05, 0) is 35.4 Å².